The average Bonchev–Trinajstić information content (AvgIpc) is 3.42. The molecule has 4 rings (SSSR count). The summed E-state index contributed by atoms with van der Waals surface area (Å²) in [6.07, 6.45) is -0.896. The van der Waals surface area contributed by atoms with Gasteiger partial charge < -0.3 is 10.5 Å². The van der Waals surface area contributed by atoms with Crippen molar-refractivity contribution in [3.8, 4) is 0 Å². The Morgan fingerprint density at radius 2 is 2.11 bits per heavy atom. The van der Waals surface area contributed by atoms with E-state index in [1.165, 1.54) is 24.4 Å². The molecule has 1 aliphatic carbocycles. The van der Waals surface area contributed by atoms with Gasteiger partial charge in [-0.15, -0.1) is 0 Å². The van der Waals surface area contributed by atoms with E-state index in [9.17, 15) is 17.6 Å². The van der Waals surface area contributed by atoms with Gasteiger partial charge in [-0.3, -0.25) is 4.98 Å². The largest absolute Gasteiger partial charge is 0.462 e. The Morgan fingerprint density at radius 1 is 1.32 bits per heavy atom. The number of fused-ring (bicyclic) bond motifs is 1. The number of pyridine rings is 1. The van der Waals surface area contributed by atoms with Crippen molar-refractivity contribution in [2.45, 2.75) is 24.5 Å². The number of hydrogen-bond donors (Lipinski definition) is 1. The lowest BCUT2D eigenvalue weighted by Gasteiger charge is -2.33. The van der Waals surface area contributed by atoms with Crippen molar-refractivity contribution >= 4 is 29.5 Å². The average molecular weight is 412 g/mol. The van der Waals surface area contributed by atoms with E-state index in [2.05, 4.69) is 9.98 Å². The normalized spacial score (nSPS) is 26.5. The standard InChI is InChI=1S/C19H14ClF4N3O/c20-10-2-4-15(26-8-10)14(22)6-9-1-3-13(21)11(5-9)19(17(23)24)12-7-16(12)28-18(25)27-19/h1-6,8,12,16-17H,7H2,(H2,25,27)/b14-6-/t12?,16-,19-/m1/s1. The summed E-state index contributed by atoms with van der Waals surface area (Å²) in [5, 5.41) is 0.341. The van der Waals surface area contributed by atoms with E-state index in [0.717, 1.165) is 18.2 Å². The first-order valence-corrected chi connectivity index (χ1v) is 8.78. The summed E-state index contributed by atoms with van der Waals surface area (Å²) >= 11 is 5.73. The summed E-state index contributed by atoms with van der Waals surface area (Å²) in [6, 6.07) is 5.88. The van der Waals surface area contributed by atoms with Crippen LogP contribution in [0.25, 0.3) is 11.9 Å². The summed E-state index contributed by atoms with van der Waals surface area (Å²) in [4.78, 5) is 7.65. The highest BCUT2D eigenvalue weighted by Gasteiger charge is 2.64. The molecule has 4 nitrogen and oxygen atoms in total. The summed E-state index contributed by atoms with van der Waals surface area (Å²) in [7, 11) is 0. The van der Waals surface area contributed by atoms with E-state index >= 15 is 0 Å². The second-order valence-corrected chi connectivity index (χ2v) is 7.10. The van der Waals surface area contributed by atoms with E-state index in [1.54, 1.807) is 0 Å². The van der Waals surface area contributed by atoms with E-state index < -0.39 is 41.7 Å². The molecule has 28 heavy (non-hydrogen) atoms. The third-order valence-corrected chi connectivity index (χ3v) is 5.11. The van der Waals surface area contributed by atoms with Crippen LogP contribution in [0.15, 0.2) is 41.5 Å². The molecule has 1 fully saturated rings. The van der Waals surface area contributed by atoms with E-state index in [4.69, 9.17) is 22.1 Å². The zero-order valence-electron chi connectivity index (χ0n) is 14.3. The molecule has 0 bridgehead atoms. The van der Waals surface area contributed by atoms with Crippen LogP contribution < -0.4 is 5.73 Å². The fourth-order valence-corrected chi connectivity index (χ4v) is 3.59. The molecular formula is C19H14ClF4N3O. The number of alkyl halides is 2. The maximum Gasteiger partial charge on any atom is 0.283 e. The first-order valence-electron chi connectivity index (χ1n) is 8.40. The molecule has 0 spiro atoms. The third kappa shape index (κ3) is 3.11. The first kappa shape index (κ1) is 18.7. The van der Waals surface area contributed by atoms with Crippen molar-refractivity contribution < 1.29 is 22.3 Å². The molecular weight excluding hydrogens is 398 g/mol. The molecule has 2 N–H and O–H groups in total. The predicted molar refractivity (Wildman–Crippen MR) is 96.9 cm³/mol. The van der Waals surface area contributed by atoms with Gasteiger partial charge in [0.15, 0.2) is 5.54 Å². The Labute approximate surface area is 162 Å². The molecule has 1 aliphatic heterocycles. The predicted octanol–water partition coefficient (Wildman–Crippen LogP) is 4.54. The number of ether oxygens (including phenoxy) is 1. The lowest BCUT2D eigenvalue weighted by Crippen LogP contribution is -2.43. The summed E-state index contributed by atoms with van der Waals surface area (Å²) < 4.78 is 62.4. The number of rotatable bonds is 4. The smallest absolute Gasteiger partial charge is 0.283 e. The first-order chi connectivity index (χ1) is 13.3. The lowest BCUT2D eigenvalue weighted by atomic mass is 9.84. The van der Waals surface area contributed by atoms with Gasteiger partial charge in [0.25, 0.3) is 12.4 Å². The fraction of sp³-hybridized carbons (Fsp3) is 0.263. The maximum absolute atomic E-state index is 14.6. The number of aliphatic imine (C=N–C) groups is 1. The van der Waals surface area contributed by atoms with Crippen molar-refractivity contribution in [1.82, 2.24) is 4.98 Å². The highest BCUT2D eigenvalue weighted by molar-refractivity contribution is 6.30. The molecule has 0 radical (unpaired) electrons. The number of halogens is 5. The van der Waals surface area contributed by atoms with Crippen LogP contribution in [-0.2, 0) is 10.3 Å². The van der Waals surface area contributed by atoms with Crippen LogP contribution in [0.2, 0.25) is 5.02 Å². The van der Waals surface area contributed by atoms with Crippen LogP contribution in [-0.4, -0.2) is 23.5 Å². The molecule has 0 saturated heterocycles. The quantitative estimate of drug-likeness (QED) is 0.752. The number of nitrogens with zero attached hydrogens (tertiary/aromatic N) is 2. The van der Waals surface area contributed by atoms with Crippen LogP contribution in [0.3, 0.4) is 0 Å². The molecule has 2 aliphatic rings. The van der Waals surface area contributed by atoms with Gasteiger partial charge >= 0.3 is 0 Å². The van der Waals surface area contributed by atoms with Gasteiger partial charge in [-0.25, -0.2) is 22.6 Å². The van der Waals surface area contributed by atoms with Crippen molar-refractivity contribution in [3.05, 3.63) is 64.2 Å². The topological polar surface area (TPSA) is 60.5 Å². The van der Waals surface area contributed by atoms with Crippen molar-refractivity contribution in [2.24, 2.45) is 16.6 Å². The second kappa shape index (κ2) is 6.77. The summed E-state index contributed by atoms with van der Waals surface area (Å²) in [5.41, 5.74) is 3.24. The molecule has 2 aromatic rings. The van der Waals surface area contributed by atoms with Gasteiger partial charge in [0.1, 0.15) is 17.7 Å². The molecule has 1 saturated carbocycles. The Kier molecular flexibility index (Phi) is 4.53. The van der Waals surface area contributed by atoms with Crippen molar-refractivity contribution in [3.63, 3.8) is 0 Å². The minimum absolute atomic E-state index is 0.00874. The van der Waals surface area contributed by atoms with E-state index in [0.29, 0.717) is 5.02 Å². The van der Waals surface area contributed by atoms with Crippen LogP contribution >= 0.6 is 11.6 Å². The Bertz CT molecular complexity index is 980. The van der Waals surface area contributed by atoms with Gasteiger partial charge in [0.2, 0.25) is 0 Å². The van der Waals surface area contributed by atoms with Crippen molar-refractivity contribution in [2.75, 3.05) is 0 Å². The lowest BCUT2D eigenvalue weighted by molar-refractivity contribution is 0.0176. The highest BCUT2D eigenvalue weighted by atomic mass is 35.5. The molecule has 1 unspecified atom stereocenters. The molecule has 1 aromatic heterocycles. The number of hydrogen-bond acceptors (Lipinski definition) is 4. The fourth-order valence-electron chi connectivity index (χ4n) is 3.48. The molecule has 1 aromatic carbocycles. The summed E-state index contributed by atoms with van der Waals surface area (Å²) in [6.45, 7) is 0. The van der Waals surface area contributed by atoms with Crippen LogP contribution in [0.4, 0.5) is 17.6 Å². The Morgan fingerprint density at radius 3 is 2.79 bits per heavy atom. The highest BCUT2D eigenvalue weighted by Crippen LogP contribution is 2.56. The van der Waals surface area contributed by atoms with Gasteiger partial charge in [-0.2, -0.15) is 0 Å². The Hall–Kier alpha value is -2.61. The van der Waals surface area contributed by atoms with Gasteiger partial charge in [-0.05, 0) is 42.3 Å². The molecule has 9 heteroatoms. The van der Waals surface area contributed by atoms with Crippen LogP contribution in [0.5, 0.6) is 0 Å². The van der Waals surface area contributed by atoms with Crippen molar-refractivity contribution in [1.29, 1.82) is 0 Å². The van der Waals surface area contributed by atoms with E-state index in [-0.39, 0.29) is 23.2 Å². The minimum atomic E-state index is -3.01. The molecule has 3 atom stereocenters. The molecule has 0 amide bonds. The zero-order valence-corrected chi connectivity index (χ0v) is 15.0. The van der Waals surface area contributed by atoms with Crippen LogP contribution in [0, 0.1) is 11.7 Å². The number of aromatic nitrogens is 1. The Balaban J connectivity index is 1.78. The third-order valence-electron chi connectivity index (χ3n) is 4.88. The molecule has 146 valence electrons. The van der Waals surface area contributed by atoms with Crippen LogP contribution in [0.1, 0.15) is 23.2 Å². The zero-order chi connectivity index (χ0) is 20.1. The SMILES string of the molecule is NC1=N[C@@](c2cc(/C=C(\F)c3ccc(Cl)cn3)ccc2F)(C(F)F)C2C[C@H]2O1. The number of benzene rings is 1. The monoisotopic (exact) mass is 411 g/mol. The van der Waals surface area contributed by atoms with Gasteiger partial charge in [-0.1, -0.05) is 17.7 Å². The molecule has 2 heterocycles. The maximum atomic E-state index is 14.6. The van der Waals surface area contributed by atoms with Gasteiger partial charge in [0.05, 0.1) is 10.7 Å². The van der Waals surface area contributed by atoms with E-state index in [1.807, 2.05) is 0 Å². The van der Waals surface area contributed by atoms with Gasteiger partial charge in [0, 0.05) is 17.7 Å². The minimum Gasteiger partial charge on any atom is -0.462 e. The number of nitrogens with two attached hydrogens (primary N) is 1. The second-order valence-electron chi connectivity index (χ2n) is 6.67. The summed E-state index contributed by atoms with van der Waals surface area (Å²) in [5.74, 6) is -2.29. The number of amidine groups is 1.